The Morgan fingerprint density at radius 3 is 0.903 bits per heavy atom. The van der Waals surface area contributed by atoms with Gasteiger partial charge in [-0.15, -0.1) is 0 Å². The van der Waals surface area contributed by atoms with E-state index in [1.807, 2.05) is 24.3 Å². The summed E-state index contributed by atoms with van der Waals surface area (Å²) in [7, 11) is 0. The maximum Gasteiger partial charge on any atom is 0.108 e. The molecular weight excluding hydrogens is 380 g/mol. The normalized spacial score (nSPS) is 11.2. The molecule has 0 radical (unpaired) electrons. The number of hydrogen-bond donors (Lipinski definition) is 0. The van der Waals surface area contributed by atoms with Gasteiger partial charge < -0.3 is 9.47 Å². The van der Waals surface area contributed by atoms with Gasteiger partial charge in [0.2, 0.25) is 0 Å². The van der Waals surface area contributed by atoms with E-state index in [1.165, 1.54) is 22.3 Å². The topological polar surface area (TPSA) is 18.5 Å². The van der Waals surface area contributed by atoms with Gasteiger partial charge in [-0.05, 0) is 28.7 Å². The van der Waals surface area contributed by atoms with E-state index in [2.05, 4.69) is 97.1 Å². The molecule has 2 nitrogen and oxygen atoms in total. The monoisotopic (exact) mass is 408 g/mol. The Balaban J connectivity index is 1.37. The average molecular weight is 409 g/mol. The van der Waals surface area contributed by atoms with Crippen LogP contribution in [0.15, 0.2) is 121 Å². The maximum absolute atomic E-state index is 6.33. The van der Waals surface area contributed by atoms with Gasteiger partial charge in [-0.1, -0.05) is 121 Å². The molecule has 0 heterocycles. The molecule has 0 aliphatic carbocycles. The fraction of sp³-hybridized carbons (Fsp3) is 0.172. The number of rotatable bonds is 10. The molecule has 0 atom stereocenters. The van der Waals surface area contributed by atoms with E-state index < -0.39 is 0 Å². The predicted molar refractivity (Wildman–Crippen MR) is 126 cm³/mol. The molecule has 4 rings (SSSR count). The highest BCUT2D eigenvalue weighted by atomic mass is 16.5. The van der Waals surface area contributed by atoms with Gasteiger partial charge in [0.1, 0.15) is 12.2 Å². The summed E-state index contributed by atoms with van der Waals surface area (Å²) in [6.07, 6.45) is 0.690. The molecule has 0 unspecified atom stereocenters. The van der Waals surface area contributed by atoms with Crippen molar-refractivity contribution in [2.75, 3.05) is 13.2 Å². The SMILES string of the molecule is c1ccc(C(OCCCOC(c2ccccc2)c2ccccc2)c2ccccc2)cc1. The lowest BCUT2D eigenvalue weighted by atomic mass is 10.0. The molecule has 0 fully saturated rings. The molecule has 0 saturated carbocycles. The Kier molecular flexibility index (Phi) is 7.65. The van der Waals surface area contributed by atoms with Crippen LogP contribution in [0.2, 0.25) is 0 Å². The van der Waals surface area contributed by atoms with Crippen LogP contribution in [0.3, 0.4) is 0 Å². The van der Waals surface area contributed by atoms with Crippen LogP contribution in [0.1, 0.15) is 40.9 Å². The first kappa shape index (κ1) is 21.0. The van der Waals surface area contributed by atoms with Crippen molar-refractivity contribution in [3.05, 3.63) is 144 Å². The van der Waals surface area contributed by atoms with E-state index >= 15 is 0 Å². The van der Waals surface area contributed by atoms with Crippen molar-refractivity contribution < 1.29 is 9.47 Å². The number of hydrogen-bond acceptors (Lipinski definition) is 2. The van der Waals surface area contributed by atoms with Crippen LogP contribution in [0, 0.1) is 0 Å². The first-order valence-electron chi connectivity index (χ1n) is 10.8. The van der Waals surface area contributed by atoms with Gasteiger partial charge in [0.15, 0.2) is 0 Å². The van der Waals surface area contributed by atoms with Crippen LogP contribution in [-0.2, 0) is 9.47 Å². The second-order valence-electron chi connectivity index (χ2n) is 7.50. The highest BCUT2D eigenvalue weighted by Crippen LogP contribution is 2.27. The van der Waals surface area contributed by atoms with Crippen molar-refractivity contribution in [2.45, 2.75) is 18.6 Å². The summed E-state index contributed by atoms with van der Waals surface area (Å²) in [5, 5.41) is 0. The van der Waals surface area contributed by atoms with Crippen molar-refractivity contribution in [2.24, 2.45) is 0 Å². The first-order chi connectivity index (χ1) is 15.4. The van der Waals surface area contributed by atoms with E-state index in [0.29, 0.717) is 13.2 Å². The third-order valence-electron chi connectivity index (χ3n) is 5.27. The molecule has 0 aromatic heterocycles. The highest BCUT2D eigenvalue weighted by molar-refractivity contribution is 5.31. The minimum absolute atomic E-state index is 0.0681. The van der Waals surface area contributed by atoms with E-state index in [1.54, 1.807) is 0 Å². The molecular formula is C29H28O2. The van der Waals surface area contributed by atoms with Crippen LogP contribution in [0.5, 0.6) is 0 Å². The lowest BCUT2D eigenvalue weighted by Crippen LogP contribution is -2.11. The van der Waals surface area contributed by atoms with Gasteiger partial charge in [0.25, 0.3) is 0 Å². The molecule has 0 amide bonds. The molecule has 2 heteroatoms. The molecule has 156 valence electrons. The van der Waals surface area contributed by atoms with Crippen molar-refractivity contribution >= 4 is 0 Å². The number of ether oxygens (including phenoxy) is 2. The molecule has 0 bridgehead atoms. The van der Waals surface area contributed by atoms with Gasteiger partial charge in [-0.3, -0.25) is 0 Å². The quantitative estimate of drug-likeness (QED) is 0.263. The van der Waals surface area contributed by atoms with Crippen molar-refractivity contribution in [3.63, 3.8) is 0 Å². The third kappa shape index (κ3) is 5.91. The fourth-order valence-electron chi connectivity index (χ4n) is 3.74. The first-order valence-corrected chi connectivity index (χ1v) is 10.8. The van der Waals surface area contributed by atoms with Crippen LogP contribution in [0.25, 0.3) is 0 Å². The highest BCUT2D eigenvalue weighted by Gasteiger charge is 2.16. The van der Waals surface area contributed by atoms with E-state index in [4.69, 9.17) is 9.47 Å². The Hall–Kier alpha value is -3.20. The molecule has 0 aliphatic heterocycles. The molecule has 0 aliphatic rings. The van der Waals surface area contributed by atoms with Gasteiger partial charge in [-0.25, -0.2) is 0 Å². The molecule has 31 heavy (non-hydrogen) atoms. The summed E-state index contributed by atoms with van der Waals surface area (Å²) in [4.78, 5) is 0. The fourth-order valence-corrected chi connectivity index (χ4v) is 3.74. The van der Waals surface area contributed by atoms with E-state index in [-0.39, 0.29) is 12.2 Å². The van der Waals surface area contributed by atoms with Gasteiger partial charge in [0.05, 0.1) is 13.2 Å². The summed E-state index contributed by atoms with van der Waals surface area (Å²) in [5.74, 6) is 0. The zero-order valence-electron chi connectivity index (χ0n) is 17.6. The summed E-state index contributed by atoms with van der Waals surface area (Å²) in [5.41, 5.74) is 4.67. The van der Waals surface area contributed by atoms with Crippen molar-refractivity contribution in [1.29, 1.82) is 0 Å². The summed E-state index contributed by atoms with van der Waals surface area (Å²) in [6, 6.07) is 41.6. The summed E-state index contributed by atoms with van der Waals surface area (Å²) >= 11 is 0. The Labute approximate surface area is 185 Å². The van der Waals surface area contributed by atoms with Crippen molar-refractivity contribution in [3.8, 4) is 0 Å². The predicted octanol–water partition coefficient (Wildman–Crippen LogP) is 6.99. The van der Waals surface area contributed by atoms with E-state index in [0.717, 1.165) is 6.42 Å². The number of benzene rings is 4. The maximum atomic E-state index is 6.33. The van der Waals surface area contributed by atoms with Gasteiger partial charge in [-0.2, -0.15) is 0 Å². The Bertz CT molecular complexity index is 838. The second kappa shape index (κ2) is 11.3. The zero-order chi connectivity index (χ0) is 21.1. The van der Waals surface area contributed by atoms with Gasteiger partial charge in [0, 0.05) is 0 Å². The zero-order valence-corrected chi connectivity index (χ0v) is 17.6. The van der Waals surface area contributed by atoms with Crippen molar-refractivity contribution in [1.82, 2.24) is 0 Å². The van der Waals surface area contributed by atoms with Crippen LogP contribution >= 0.6 is 0 Å². The smallest absolute Gasteiger partial charge is 0.108 e. The minimum atomic E-state index is -0.0681. The Morgan fingerprint density at radius 1 is 0.387 bits per heavy atom. The average Bonchev–Trinajstić information content (AvgIpc) is 2.86. The molecule has 0 N–H and O–H groups in total. The third-order valence-corrected chi connectivity index (χ3v) is 5.27. The minimum Gasteiger partial charge on any atom is -0.369 e. The van der Waals surface area contributed by atoms with Crippen LogP contribution in [0.4, 0.5) is 0 Å². The molecule has 0 saturated heterocycles. The summed E-state index contributed by atoms with van der Waals surface area (Å²) in [6.45, 7) is 1.26. The lowest BCUT2D eigenvalue weighted by Gasteiger charge is -2.21. The lowest BCUT2D eigenvalue weighted by molar-refractivity contribution is 0.0339. The van der Waals surface area contributed by atoms with Gasteiger partial charge >= 0.3 is 0 Å². The van der Waals surface area contributed by atoms with Crippen LogP contribution in [-0.4, -0.2) is 13.2 Å². The largest absolute Gasteiger partial charge is 0.369 e. The van der Waals surface area contributed by atoms with E-state index in [9.17, 15) is 0 Å². The second-order valence-corrected chi connectivity index (χ2v) is 7.50. The molecule has 4 aromatic carbocycles. The van der Waals surface area contributed by atoms with Crippen LogP contribution < -0.4 is 0 Å². The standard InChI is InChI=1S/C29H28O2/c1-5-14-24(15-6-1)28(25-16-7-2-8-17-25)30-22-13-23-31-29(26-18-9-3-10-19-26)27-20-11-4-12-21-27/h1-12,14-21,28-29H,13,22-23H2. The Morgan fingerprint density at radius 2 is 0.645 bits per heavy atom. The molecule has 0 spiro atoms. The molecule has 4 aromatic rings. The summed E-state index contributed by atoms with van der Waals surface area (Å²) < 4.78 is 12.7.